The molecule has 3 N–H and O–H groups in total. The van der Waals surface area contributed by atoms with Gasteiger partial charge >= 0.3 is 11.8 Å². The normalized spacial score (nSPS) is 15.5. The average molecular weight is 270 g/mol. The molecule has 0 aromatic rings. The molecular formula is C12H22N4O3. The van der Waals surface area contributed by atoms with Crippen molar-refractivity contribution >= 4 is 17.7 Å². The van der Waals surface area contributed by atoms with Crippen molar-refractivity contribution in [2.45, 2.75) is 19.8 Å². The Morgan fingerprint density at radius 2 is 1.95 bits per heavy atom. The zero-order valence-corrected chi connectivity index (χ0v) is 11.3. The Kier molecular flexibility index (Phi) is 6.88. The molecule has 7 heteroatoms. The summed E-state index contributed by atoms with van der Waals surface area (Å²) in [4.78, 5) is 36.2. The molecule has 7 nitrogen and oxygen atoms in total. The summed E-state index contributed by atoms with van der Waals surface area (Å²) in [5.74, 6) is -1.28. The third-order valence-corrected chi connectivity index (χ3v) is 2.83. The number of hydrogen-bond acceptors (Lipinski definition) is 4. The first-order valence-electron chi connectivity index (χ1n) is 6.69. The predicted molar refractivity (Wildman–Crippen MR) is 70.4 cm³/mol. The van der Waals surface area contributed by atoms with Crippen molar-refractivity contribution in [3.8, 4) is 0 Å². The van der Waals surface area contributed by atoms with Crippen LogP contribution in [0, 0.1) is 0 Å². The van der Waals surface area contributed by atoms with Crippen LogP contribution in [0.25, 0.3) is 0 Å². The monoisotopic (exact) mass is 270 g/mol. The number of nitrogens with one attached hydrogen (secondary N) is 3. The number of carbonyl (C=O) groups excluding carboxylic acids is 3. The van der Waals surface area contributed by atoms with Gasteiger partial charge in [0.1, 0.15) is 0 Å². The first kappa shape index (κ1) is 15.4. The van der Waals surface area contributed by atoms with Gasteiger partial charge in [-0.1, -0.05) is 0 Å². The molecular weight excluding hydrogens is 248 g/mol. The molecule has 1 aliphatic rings. The molecule has 1 fully saturated rings. The van der Waals surface area contributed by atoms with E-state index in [0.717, 1.165) is 13.0 Å². The van der Waals surface area contributed by atoms with E-state index in [1.54, 1.807) is 4.90 Å². The summed E-state index contributed by atoms with van der Waals surface area (Å²) in [7, 11) is 0. The van der Waals surface area contributed by atoms with Crippen LogP contribution in [0.15, 0.2) is 0 Å². The highest BCUT2D eigenvalue weighted by Crippen LogP contribution is 1.96. The van der Waals surface area contributed by atoms with Crippen LogP contribution in [0.2, 0.25) is 0 Å². The molecule has 0 saturated carbocycles. The van der Waals surface area contributed by atoms with Crippen LogP contribution in [-0.2, 0) is 14.4 Å². The molecule has 0 aromatic heterocycles. The molecule has 0 aromatic carbocycles. The summed E-state index contributed by atoms with van der Waals surface area (Å²) in [6.45, 7) is 5.28. The van der Waals surface area contributed by atoms with Crippen molar-refractivity contribution in [1.29, 1.82) is 0 Å². The fourth-order valence-electron chi connectivity index (χ4n) is 1.84. The smallest absolute Gasteiger partial charge is 0.311 e. The van der Waals surface area contributed by atoms with E-state index >= 15 is 0 Å². The lowest BCUT2D eigenvalue weighted by atomic mass is 10.3. The van der Waals surface area contributed by atoms with Gasteiger partial charge in [-0.3, -0.25) is 14.4 Å². The van der Waals surface area contributed by atoms with E-state index < -0.39 is 11.8 Å². The van der Waals surface area contributed by atoms with Crippen molar-refractivity contribution in [1.82, 2.24) is 20.9 Å². The number of nitrogens with zero attached hydrogens (tertiary/aromatic N) is 1. The third kappa shape index (κ3) is 5.69. The maximum atomic E-state index is 11.8. The van der Waals surface area contributed by atoms with Gasteiger partial charge in [-0.05, 0) is 19.9 Å². The zero-order chi connectivity index (χ0) is 14.1. The highest BCUT2D eigenvalue weighted by molar-refractivity contribution is 6.35. The van der Waals surface area contributed by atoms with E-state index in [4.69, 9.17) is 0 Å². The Hall–Kier alpha value is -1.63. The number of amides is 3. The van der Waals surface area contributed by atoms with Crippen LogP contribution >= 0.6 is 0 Å². The average Bonchev–Trinajstić information content (AvgIpc) is 2.66. The quantitative estimate of drug-likeness (QED) is 0.540. The number of carbonyl (C=O) groups is 3. The second kappa shape index (κ2) is 8.47. The van der Waals surface area contributed by atoms with Gasteiger partial charge < -0.3 is 20.9 Å². The van der Waals surface area contributed by atoms with Gasteiger partial charge in [0.15, 0.2) is 0 Å². The molecule has 0 atom stereocenters. The van der Waals surface area contributed by atoms with Crippen LogP contribution in [0.5, 0.6) is 0 Å². The molecule has 0 spiro atoms. The topological polar surface area (TPSA) is 90.5 Å². The molecule has 3 amide bonds. The van der Waals surface area contributed by atoms with Crippen LogP contribution < -0.4 is 16.0 Å². The molecule has 1 heterocycles. The zero-order valence-electron chi connectivity index (χ0n) is 11.3. The second-order valence-electron chi connectivity index (χ2n) is 4.36. The van der Waals surface area contributed by atoms with Crippen molar-refractivity contribution in [3.05, 3.63) is 0 Å². The van der Waals surface area contributed by atoms with Gasteiger partial charge in [-0.15, -0.1) is 0 Å². The van der Waals surface area contributed by atoms with Crippen LogP contribution in [0.3, 0.4) is 0 Å². The van der Waals surface area contributed by atoms with Gasteiger partial charge in [-0.2, -0.15) is 0 Å². The summed E-state index contributed by atoms with van der Waals surface area (Å²) in [6.07, 6.45) is 1.03. The van der Waals surface area contributed by atoms with Crippen LogP contribution in [0.1, 0.15) is 19.8 Å². The second-order valence-corrected chi connectivity index (χ2v) is 4.36. The van der Waals surface area contributed by atoms with E-state index in [0.29, 0.717) is 26.2 Å². The molecule has 1 aliphatic heterocycles. The molecule has 1 saturated heterocycles. The Balaban J connectivity index is 2.27. The minimum Gasteiger partial charge on any atom is -0.356 e. The van der Waals surface area contributed by atoms with E-state index in [1.165, 1.54) is 0 Å². The van der Waals surface area contributed by atoms with Crippen LogP contribution in [-0.4, -0.2) is 61.9 Å². The summed E-state index contributed by atoms with van der Waals surface area (Å²) < 4.78 is 0. The molecule has 0 bridgehead atoms. The summed E-state index contributed by atoms with van der Waals surface area (Å²) in [5, 5.41) is 8.27. The summed E-state index contributed by atoms with van der Waals surface area (Å²) >= 11 is 0. The van der Waals surface area contributed by atoms with Crippen molar-refractivity contribution in [2.75, 3.05) is 39.3 Å². The van der Waals surface area contributed by atoms with Gasteiger partial charge in [0.2, 0.25) is 5.91 Å². The largest absolute Gasteiger partial charge is 0.356 e. The van der Waals surface area contributed by atoms with E-state index in [2.05, 4.69) is 16.0 Å². The highest BCUT2D eigenvalue weighted by atomic mass is 16.2. The molecule has 0 radical (unpaired) electrons. The SMILES string of the molecule is CCNC(=O)CCNC(=O)C(=O)N1CCCNCC1. The van der Waals surface area contributed by atoms with Crippen molar-refractivity contribution in [3.63, 3.8) is 0 Å². The minimum atomic E-state index is -0.633. The Morgan fingerprint density at radius 3 is 2.68 bits per heavy atom. The summed E-state index contributed by atoms with van der Waals surface area (Å²) in [5.41, 5.74) is 0. The molecule has 108 valence electrons. The van der Waals surface area contributed by atoms with E-state index in [9.17, 15) is 14.4 Å². The maximum absolute atomic E-state index is 11.8. The van der Waals surface area contributed by atoms with Crippen molar-refractivity contribution in [2.24, 2.45) is 0 Å². The lowest BCUT2D eigenvalue weighted by Gasteiger charge is -2.19. The highest BCUT2D eigenvalue weighted by Gasteiger charge is 2.22. The van der Waals surface area contributed by atoms with Gasteiger partial charge in [0, 0.05) is 39.1 Å². The Labute approximate surface area is 113 Å². The van der Waals surface area contributed by atoms with E-state index in [1.807, 2.05) is 6.92 Å². The number of hydrogen-bond donors (Lipinski definition) is 3. The van der Waals surface area contributed by atoms with Crippen LogP contribution in [0.4, 0.5) is 0 Å². The van der Waals surface area contributed by atoms with Gasteiger partial charge in [0.05, 0.1) is 0 Å². The molecule has 0 aliphatic carbocycles. The maximum Gasteiger partial charge on any atom is 0.311 e. The lowest BCUT2D eigenvalue weighted by Crippen LogP contribution is -2.45. The molecule has 1 rings (SSSR count). The van der Waals surface area contributed by atoms with E-state index in [-0.39, 0.29) is 18.9 Å². The fraction of sp³-hybridized carbons (Fsp3) is 0.750. The summed E-state index contributed by atoms with van der Waals surface area (Å²) in [6, 6.07) is 0. The third-order valence-electron chi connectivity index (χ3n) is 2.83. The molecule has 19 heavy (non-hydrogen) atoms. The predicted octanol–water partition coefficient (Wildman–Crippen LogP) is -1.55. The fourth-order valence-corrected chi connectivity index (χ4v) is 1.84. The van der Waals surface area contributed by atoms with Gasteiger partial charge in [0.25, 0.3) is 0 Å². The first-order chi connectivity index (χ1) is 9.15. The lowest BCUT2D eigenvalue weighted by molar-refractivity contribution is -0.145. The Bertz CT molecular complexity index is 325. The minimum absolute atomic E-state index is 0.130. The number of rotatable bonds is 4. The standard InChI is InChI=1S/C12H22N4O3/c1-2-14-10(17)4-6-15-11(18)12(19)16-8-3-5-13-7-9-16/h13H,2-9H2,1H3,(H,14,17)(H,15,18). The molecule has 0 unspecified atom stereocenters. The van der Waals surface area contributed by atoms with Gasteiger partial charge in [-0.25, -0.2) is 0 Å². The van der Waals surface area contributed by atoms with Crippen molar-refractivity contribution < 1.29 is 14.4 Å². The Morgan fingerprint density at radius 1 is 1.16 bits per heavy atom. The first-order valence-corrected chi connectivity index (χ1v) is 6.69.